The number of fused-ring (bicyclic) bond motifs is 1. The van der Waals surface area contributed by atoms with E-state index in [9.17, 15) is 4.79 Å². The second kappa shape index (κ2) is 5.40. The number of hydrogen-bond donors (Lipinski definition) is 2. The predicted octanol–water partition coefficient (Wildman–Crippen LogP) is -0.287. The molecular formula is C11H17N5O2S. The van der Waals surface area contributed by atoms with Gasteiger partial charge in [0.1, 0.15) is 0 Å². The molecule has 1 aromatic heterocycles. The first-order valence-electron chi connectivity index (χ1n) is 6.45. The lowest BCUT2D eigenvalue weighted by molar-refractivity contribution is -0.0461. The van der Waals surface area contributed by atoms with Crippen LogP contribution in [0.25, 0.3) is 0 Å². The van der Waals surface area contributed by atoms with E-state index in [1.807, 2.05) is 0 Å². The molecule has 19 heavy (non-hydrogen) atoms. The zero-order chi connectivity index (χ0) is 13.2. The lowest BCUT2D eigenvalue weighted by Crippen LogP contribution is -2.50. The number of nitrogens with two attached hydrogens (primary N) is 1. The van der Waals surface area contributed by atoms with Crippen LogP contribution < -0.4 is 11.1 Å². The van der Waals surface area contributed by atoms with Gasteiger partial charge in [-0.15, -0.1) is 10.2 Å². The highest BCUT2D eigenvalue weighted by Crippen LogP contribution is 2.22. The maximum Gasteiger partial charge on any atom is 0.282 e. The number of nitrogens with zero attached hydrogens (tertiary/aromatic N) is 3. The molecular weight excluding hydrogens is 266 g/mol. The Bertz CT molecular complexity index is 466. The summed E-state index contributed by atoms with van der Waals surface area (Å²) in [4.78, 5) is 14.2. The normalized spacial score (nSPS) is 27.2. The fourth-order valence-corrected chi connectivity index (χ4v) is 3.14. The van der Waals surface area contributed by atoms with E-state index in [0.29, 0.717) is 22.7 Å². The van der Waals surface area contributed by atoms with Crippen LogP contribution in [0.1, 0.15) is 22.6 Å². The molecule has 7 nitrogen and oxygen atoms in total. The summed E-state index contributed by atoms with van der Waals surface area (Å²) in [6.45, 7) is 3.31. The maximum absolute atomic E-state index is 11.8. The van der Waals surface area contributed by atoms with Crippen LogP contribution in [-0.2, 0) is 4.74 Å². The first kappa shape index (κ1) is 12.8. The number of anilines is 1. The van der Waals surface area contributed by atoms with E-state index in [1.54, 1.807) is 0 Å². The average molecular weight is 283 g/mol. The number of morpholine rings is 1. The molecule has 3 rings (SSSR count). The molecule has 0 saturated carbocycles. The van der Waals surface area contributed by atoms with Crippen molar-refractivity contribution in [2.24, 2.45) is 0 Å². The van der Waals surface area contributed by atoms with E-state index in [0.717, 1.165) is 31.0 Å². The minimum atomic E-state index is -0.235. The third kappa shape index (κ3) is 2.85. The molecule has 1 amide bonds. The molecule has 0 radical (unpaired) electrons. The number of nitrogens with one attached hydrogen (secondary N) is 1. The van der Waals surface area contributed by atoms with Crippen molar-refractivity contribution in [1.82, 2.24) is 20.4 Å². The standard InChI is InChI=1S/C11H17N5O2S/c12-11-15-14-10(19-11)9(17)13-4-8-5-16-3-1-2-7(16)6-18-8/h7-8H,1-6H2,(H2,12,15)(H,13,17). The molecule has 2 aliphatic heterocycles. The van der Waals surface area contributed by atoms with Crippen molar-refractivity contribution in [1.29, 1.82) is 0 Å². The number of ether oxygens (including phenoxy) is 1. The molecule has 2 aliphatic rings. The molecule has 2 unspecified atom stereocenters. The molecule has 2 fully saturated rings. The maximum atomic E-state index is 11.8. The van der Waals surface area contributed by atoms with Gasteiger partial charge in [0.15, 0.2) is 0 Å². The predicted molar refractivity (Wildman–Crippen MR) is 71.0 cm³/mol. The number of rotatable bonds is 3. The Balaban J connectivity index is 1.48. The molecule has 2 atom stereocenters. The number of carbonyl (C=O) groups excluding carboxylic acids is 1. The fourth-order valence-electron chi connectivity index (χ4n) is 2.62. The summed E-state index contributed by atoms with van der Waals surface area (Å²) in [7, 11) is 0. The lowest BCUT2D eigenvalue weighted by Gasteiger charge is -2.35. The molecule has 2 saturated heterocycles. The first-order chi connectivity index (χ1) is 9.22. The van der Waals surface area contributed by atoms with Gasteiger partial charge in [0.05, 0.1) is 12.7 Å². The highest BCUT2D eigenvalue weighted by molar-refractivity contribution is 7.16. The molecule has 0 aliphatic carbocycles. The van der Waals surface area contributed by atoms with E-state index in [2.05, 4.69) is 20.4 Å². The van der Waals surface area contributed by atoms with Gasteiger partial charge < -0.3 is 15.8 Å². The Morgan fingerprint density at radius 3 is 3.26 bits per heavy atom. The van der Waals surface area contributed by atoms with Gasteiger partial charge in [-0.05, 0) is 19.4 Å². The molecule has 0 aromatic carbocycles. The third-order valence-corrected chi connectivity index (χ3v) is 4.34. The fraction of sp³-hybridized carbons (Fsp3) is 0.727. The van der Waals surface area contributed by atoms with Gasteiger partial charge in [0.2, 0.25) is 10.1 Å². The summed E-state index contributed by atoms with van der Waals surface area (Å²) in [5.74, 6) is -0.235. The summed E-state index contributed by atoms with van der Waals surface area (Å²) >= 11 is 1.09. The molecule has 3 heterocycles. The largest absolute Gasteiger partial charge is 0.374 e. The second-order valence-electron chi connectivity index (χ2n) is 4.90. The Labute approximate surface area is 115 Å². The topological polar surface area (TPSA) is 93.4 Å². The van der Waals surface area contributed by atoms with Gasteiger partial charge in [0.25, 0.3) is 5.91 Å². The minimum absolute atomic E-state index is 0.0589. The minimum Gasteiger partial charge on any atom is -0.374 e. The number of nitrogen functional groups attached to an aromatic ring is 1. The Kier molecular flexibility index (Phi) is 3.63. The van der Waals surface area contributed by atoms with Crippen LogP contribution >= 0.6 is 11.3 Å². The highest BCUT2D eigenvalue weighted by Gasteiger charge is 2.32. The van der Waals surface area contributed by atoms with Gasteiger partial charge in [-0.3, -0.25) is 9.69 Å². The van der Waals surface area contributed by atoms with Crippen molar-refractivity contribution < 1.29 is 9.53 Å². The molecule has 0 spiro atoms. The lowest BCUT2D eigenvalue weighted by atomic mass is 10.2. The van der Waals surface area contributed by atoms with Crippen molar-refractivity contribution >= 4 is 22.4 Å². The van der Waals surface area contributed by atoms with Gasteiger partial charge >= 0.3 is 0 Å². The average Bonchev–Trinajstić information content (AvgIpc) is 3.03. The van der Waals surface area contributed by atoms with E-state index >= 15 is 0 Å². The van der Waals surface area contributed by atoms with E-state index in [4.69, 9.17) is 10.5 Å². The Morgan fingerprint density at radius 1 is 1.58 bits per heavy atom. The smallest absolute Gasteiger partial charge is 0.282 e. The molecule has 104 valence electrons. The van der Waals surface area contributed by atoms with Crippen LogP contribution in [0.15, 0.2) is 0 Å². The van der Waals surface area contributed by atoms with E-state index < -0.39 is 0 Å². The second-order valence-corrected chi connectivity index (χ2v) is 5.91. The summed E-state index contributed by atoms with van der Waals surface area (Å²) in [6.07, 6.45) is 2.53. The zero-order valence-corrected chi connectivity index (χ0v) is 11.4. The van der Waals surface area contributed by atoms with Crippen LogP contribution in [0.4, 0.5) is 5.13 Å². The van der Waals surface area contributed by atoms with Crippen molar-refractivity contribution in [3.8, 4) is 0 Å². The van der Waals surface area contributed by atoms with Crippen LogP contribution in [0.5, 0.6) is 0 Å². The molecule has 1 aromatic rings. The zero-order valence-electron chi connectivity index (χ0n) is 10.5. The highest BCUT2D eigenvalue weighted by atomic mass is 32.1. The van der Waals surface area contributed by atoms with Crippen molar-refractivity contribution in [3.63, 3.8) is 0 Å². The van der Waals surface area contributed by atoms with E-state index in [1.165, 1.54) is 12.8 Å². The summed E-state index contributed by atoms with van der Waals surface area (Å²) < 4.78 is 5.77. The van der Waals surface area contributed by atoms with Gasteiger partial charge in [0, 0.05) is 19.1 Å². The van der Waals surface area contributed by atoms with Crippen LogP contribution in [0, 0.1) is 0 Å². The first-order valence-corrected chi connectivity index (χ1v) is 7.27. The molecule has 8 heteroatoms. The SMILES string of the molecule is Nc1nnc(C(=O)NCC2CN3CCCC3CO2)s1. The third-order valence-electron chi connectivity index (χ3n) is 3.59. The van der Waals surface area contributed by atoms with Crippen LogP contribution in [0.2, 0.25) is 0 Å². The van der Waals surface area contributed by atoms with Crippen LogP contribution in [-0.4, -0.2) is 59.4 Å². The van der Waals surface area contributed by atoms with Gasteiger partial charge in [-0.1, -0.05) is 11.3 Å². The number of amides is 1. The Morgan fingerprint density at radius 2 is 2.47 bits per heavy atom. The summed E-state index contributed by atoms with van der Waals surface area (Å²) in [6, 6.07) is 0.579. The van der Waals surface area contributed by atoms with Crippen molar-refractivity contribution in [3.05, 3.63) is 5.01 Å². The quantitative estimate of drug-likeness (QED) is 0.792. The number of hydrogen-bond acceptors (Lipinski definition) is 7. The Hall–Kier alpha value is -1.25. The van der Waals surface area contributed by atoms with Gasteiger partial charge in [-0.25, -0.2) is 0 Å². The molecule has 3 N–H and O–H groups in total. The molecule has 0 bridgehead atoms. The van der Waals surface area contributed by atoms with Crippen molar-refractivity contribution in [2.45, 2.75) is 25.0 Å². The van der Waals surface area contributed by atoms with Crippen molar-refractivity contribution in [2.75, 3.05) is 32.0 Å². The summed E-state index contributed by atoms with van der Waals surface area (Å²) in [5, 5.41) is 10.8. The number of carbonyl (C=O) groups is 1. The van der Waals surface area contributed by atoms with Gasteiger partial charge in [-0.2, -0.15) is 0 Å². The number of aromatic nitrogens is 2. The monoisotopic (exact) mass is 283 g/mol. The van der Waals surface area contributed by atoms with E-state index in [-0.39, 0.29) is 12.0 Å². The summed E-state index contributed by atoms with van der Waals surface area (Å²) in [5.41, 5.74) is 5.45. The van der Waals surface area contributed by atoms with Crippen LogP contribution in [0.3, 0.4) is 0 Å².